The first-order valence-electron chi connectivity index (χ1n) is 9.59. The summed E-state index contributed by atoms with van der Waals surface area (Å²) in [5, 5.41) is 3.06. The number of benzene rings is 2. The summed E-state index contributed by atoms with van der Waals surface area (Å²) in [5.41, 5.74) is 1.06. The first kappa shape index (κ1) is 20.4. The van der Waals surface area contributed by atoms with E-state index in [0.29, 0.717) is 11.3 Å². The van der Waals surface area contributed by atoms with Crippen molar-refractivity contribution in [1.29, 1.82) is 0 Å². The largest absolute Gasteiger partial charge is 0.349 e. The summed E-state index contributed by atoms with van der Waals surface area (Å²) in [6, 6.07) is 15.2. The highest BCUT2D eigenvalue weighted by molar-refractivity contribution is 7.92. The SMILES string of the molecule is CCN1CCC(NC(=O)c2ccc(S(=O)(=O)N(C)c3ccccc3)cc2)CC1. The second-order valence-electron chi connectivity index (χ2n) is 7.01. The average molecular weight is 402 g/mol. The van der Waals surface area contributed by atoms with Crippen LogP contribution in [-0.2, 0) is 10.0 Å². The van der Waals surface area contributed by atoms with E-state index in [1.165, 1.54) is 23.5 Å². The molecule has 7 heteroatoms. The van der Waals surface area contributed by atoms with Crippen LogP contribution in [0.3, 0.4) is 0 Å². The van der Waals surface area contributed by atoms with E-state index in [1.54, 1.807) is 36.4 Å². The van der Waals surface area contributed by atoms with E-state index in [4.69, 9.17) is 0 Å². The number of nitrogens with zero attached hydrogens (tertiary/aromatic N) is 2. The van der Waals surface area contributed by atoms with Crippen LogP contribution in [0.4, 0.5) is 5.69 Å². The number of sulfonamides is 1. The molecule has 1 N–H and O–H groups in total. The van der Waals surface area contributed by atoms with E-state index < -0.39 is 10.0 Å². The van der Waals surface area contributed by atoms with Crippen molar-refractivity contribution in [2.24, 2.45) is 0 Å². The summed E-state index contributed by atoms with van der Waals surface area (Å²) in [7, 11) is -2.15. The molecule has 0 unspecified atom stereocenters. The van der Waals surface area contributed by atoms with E-state index >= 15 is 0 Å². The van der Waals surface area contributed by atoms with Gasteiger partial charge in [0, 0.05) is 31.7 Å². The van der Waals surface area contributed by atoms with Crippen molar-refractivity contribution in [2.75, 3.05) is 31.0 Å². The fourth-order valence-corrected chi connectivity index (χ4v) is 4.57. The Bertz CT molecular complexity index is 890. The summed E-state index contributed by atoms with van der Waals surface area (Å²) in [6.07, 6.45) is 1.88. The van der Waals surface area contributed by atoms with Gasteiger partial charge in [0.25, 0.3) is 15.9 Å². The molecule has 28 heavy (non-hydrogen) atoms. The monoisotopic (exact) mass is 401 g/mol. The van der Waals surface area contributed by atoms with Crippen LogP contribution in [0, 0.1) is 0 Å². The molecule has 1 saturated heterocycles. The maximum absolute atomic E-state index is 12.8. The number of carbonyl (C=O) groups excluding carboxylic acids is 1. The van der Waals surface area contributed by atoms with Crippen LogP contribution in [0.25, 0.3) is 0 Å². The molecule has 1 amide bonds. The van der Waals surface area contributed by atoms with Gasteiger partial charge >= 0.3 is 0 Å². The quantitative estimate of drug-likeness (QED) is 0.808. The highest BCUT2D eigenvalue weighted by atomic mass is 32.2. The molecule has 2 aromatic carbocycles. The molecule has 1 heterocycles. The molecule has 0 atom stereocenters. The maximum Gasteiger partial charge on any atom is 0.264 e. The van der Waals surface area contributed by atoms with E-state index in [9.17, 15) is 13.2 Å². The number of carbonyl (C=O) groups is 1. The predicted molar refractivity (Wildman–Crippen MR) is 111 cm³/mol. The predicted octanol–water partition coefficient (Wildman–Crippen LogP) is 2.73. The summed E-state index contributed by atoms with van der Waals surface area (Å²) < 4.78 is 26.9. The van der Waals surface area contributed by atoms with Crippen LogP contribution >= 0.6 is 0 Å². The number of rotatable bonds is 6. The second-order valence-corrected chi connectivity index (χ2v) is 8.98. The molecule has 0 aliphatic carbocycles. The number of amides is 1. The Labute approximate surface area is 167 Å². The van der Waals surface area contributed by atoms with Gasteiger partial charge in [-0.2, -0.15) is 0 Å². The average Bonchev–Trinajstić information content (AvgIpc) is 2.74. The van der Waals surface area contributed by atoms with Crippen molar-refractivity contribution >= 4 is 21.6 Å². The maximum atomic E-state index is 12.8. The third kappa shape index (κ3) is 4.54. The standard InChI is InChI=1S/C21H27N3O3S/c1-3-24-15-13-18(14-16-24)22-21(25)17-9-11-20(12-10-17)28(26,27)23(2)19-7-5-4-6-8-19/h4-12,18H,3,13-16H2,1-2H3,(H,22,25). The van der Waals surface area contributed by atoms with Gasteiger partial charge < -0.3 is 10.2 Å². The lowest BCUT2D eigenvalue weighted by Gasteiger charge is -2.31. The van der Waals surface area contributed by atoms with E-state index in [1.807, 2.05) is 6.07 Å². The second kappa shape index (κ2) is 8.75. The van der Waals surface area contributed by atoms with Gasteiger partial charge in [0.2, 0.25) is 0 Å². The summed E-state index contributed by atoms with van der Waals surface area (Å²) in [6.45, 7) is 5.16. The first-order chi connectivity index (χ1) is 13.4. The number of piperidine rings is 1. The molecular weight excluding hydrogens is 374 g/mol. The number of likely N-dealkylation sites (tertiary alicyclic amines) is 1. The van der Waals surface area contributed by atoms with Gasteiger partial charge in [-0.05, 0) is 55.8 Å². The molecule has 6 nitrogen and oxygen atoms in total. The van der Waals surface area contributed by atoms with Crippen molar-refractivity contribution < 1.29 is 13.2 Å². The van der Waals surface area contributed by atoms with Crippen LogP contribution in [0.15, 0.2) is 59.5 Å². The highest BCUT2D eigenvalue weighted by Gasteiger charge is 2.23. The van der Waals surface area contributed by atoms with Gasteiger partial charge in [-0.3, -0.25) is 9.10 Å². The third-order valence-electron chi connectivity index (χ3n) is 5.26. The minimum atomic E-state index is -3.67. The van der Waals surface area contributed by atoms with Crippen molar-refractivity contribution in [3.8, 4) is 0 Å². The number of hydrogen-bond acceptors (Lipinski definition) is 4. The lowest BCUT2D eigenvalue weighted by atomic mass is 10.0. The molecule has 1 aliphatic heterocycles. The fourth-order valence-electron chi connectivity index (χ4n) is 3.38. The summed E-state index contributed by atoms with van der Waals surface area (Å²) >= 11 is 0. The van der Waals surface area contributed by atoms with Gasteiger partial charge in [-0.15, -0.1) is 0 Å². The van der Waals surface area contributed by atoms with E-state index in [2.05, 4.69) is 17.1 Å². The molecule has 0 saturated carbocycles. The number of anilines is 1. The molecule has 2 aromatic rings. The van der Waals surface area contributed by atoms with Gasteiger partial charge in [-0.25, -0.2) is 8.42 Å². The molecule has 150 valence electrons. The topological polar surface area (TPSA) is 69.7 Å². The Kier molecular flexibility index (Phi) is 6.36. The van der Waals surface area contributed by atoms with Crippen molar-refractivity contribution in [1.82, 2.24) is 10.2 Å². The normalized spacial score (nSPS) is 15.9. The highest BCUT2D eigenvalue weighted by Crippen LogP contribution is 2.22. The molecule has 3 rings (SSSR count). The number of para-hydroxylation sites is 1. The third-order valence-corrected chi connectivity index (χ3v) is 7.06. The van der Waals surface area contributed by atoms with Gasteiger partial charge in [-0.1, -0.05) is 25.1 Å². The van der Waals surface area contributed by atoms with Gasteiger partial charge in [0.15, 0.2) is 0 Å². The summed E-state index contributed by atoms with van der Waals surface area (Å²) in [4.78, 5) is 15.0. The summed E-state index contributed by atoms with van der Waals surface area (Å²) in [5.74, 6) is -0.157. The minimum Gasteiger partial charge on any atom is -0.349 e. The Morgan fingerprint density at radius 1 is 1.07 bits per heavy atom. The van der Waals surface area contributed by atoms with Gasteiger partial charge in [0.05, 0.1) is 10.6 Å². The lowest BCUT2D eigenvalue weighted by Crippen LogP contribution is -2.44. The van der Waals surface area contributed by atoms with Crippen LogP contribution in [0.1, 0.15) is 30.1 Å². The molecule has 0 spiro atoms. The number of nitrogens with one attached hydrogen (secondary N) is 1. The Morgan fingerprint density at radius 3 is 2.25 bits per heavy atom. The molecule has 1 aliphatic rings. The smallest absolute Gasteiger partial charge is 0.264 e. The van der Waals surface area contributed by atoms with Gasteiger partial charge in [0.1, 0.15) is 0 Å². The van der Waals surface area contributed by atoms with Crippen molar-refractivity contribution in [3.63, 3.8) is 0 Å². The van der Waals surface area contributed by atoms with E-state index in [0.717, 1.165) is 32.5 Å². The van der Waals surface area contributed by atoms with Crippen LogP contribution < -0.4 is 9.62 Å². The van der Waals surface area contributed by atoms with Crippen LogP contribution in [-0.4, -0.2) is 51.9 Å². The molecule has 0 aromatic heterocycles. The Balaban J connectivity index is 1.66. The first-order valence-corrected chi connectivity index (χ1v) is 11.0. The van der Waals surface area contributed by atoms with Crippen LogP contribution in [0.5, 0.6) is 0 Å². The molecule has 0 bridgehead atoms. The lowest BCUT2D eigenvalue weighted by molar-refractivity contribution is 0.0912. The van der Waals surface area contributed by atoms with Crippen molar-refractivity contribution in [3.05, 3.63) is 60.2 Å². The Morgan fingerprint density at radius 2 is 1.68 bits per heavy atom. The van der Waals surface area contributed by atoms with E-state index in [-0.39, 0.29) is 16.8 Å². The zero-order chi connectivity index (χ0) is 20.1. The minimum absolute atomic E-state index is 0.157. The molecular formula is C21H27N3O3S. The number of hydrogen-bond donors (Lipinski definition) is 1. The zero-order valence-corrected chi connectivity index (χ0v) is 17.2. The molecule has 1 fully saturated rings. The van der Waals surface area contributed by atoms with Crippen molar-refractivity contribution in [2.45, 2.75) is 30.7 Å². The Hall–Kier alpha value is -2.38. The van der Waals surface area contributed by atoms with Crippen LogP contribution in [0.2, 0.25) is 0 Å². The molecule has 0 radical (unpaired) electrons. The zero-order valence-electron chi connectivity index (χ0n) is 16.3. The fraction of sp³-hybridized carbons (Fsp3) is 0.381.